The van der Waals surface area contributed by atoms with Crippen LogP contribution in [-0.4, -0.2) is 60.6 Å². The fourth-order valence-corrected chi connectivity index (χ4v) is 5.99. The third kappa shape index (κ3) is 5.67. The Hall–Kier alpha value is -2.53. The normalized spacial score (nSPS) is 23.4. The maximum atomic E-state index is 14.6. The van der Waals surface area contributed by atoms with Crippen molar-refractivity contribution in [1.29, 1.82) is 0 Å². The van der Waals surface area contributed by atoms with Gasteiger partial charge in [-0.2, -0.15) is 17.6 Å². The summed E-state index contributed by atoms with van der Waals surface area (Å²) in [6, 6.07) is 2.88. The van der Waals surface area contributed by atoms with E-state index in [0.717, 1.165) is 70.7 Å². The number of nitrogens with one attached hydrogen (secondary N) is 1. The zero-order chi connectivity index (χ0) is 26.2. The topological polar surface area (TPSA) is 59.5 Å². The largest absolute Gasteiger partial charge is 0.491 e. The first-order valence-corrected chi connectivity index (χ1v) is 12.9. The summed E-state index contributed by atoms with van der Waals surface area (Å²) in [5.41, 5.74) is -1.86. The molecule has 0 spiro atoms. The molecule has 3 heterocycles. The number of aromatic nitrogens is 2. The molecule has 0 unspecified atom stereocenters. The summed E-state index contributed by atoms with van der Waals surface area (Å²) in [6.45, 7) is 6.34. The second kappa shape index (κ2) is 10.7. The number of benzene rings is 1. The number of anilines is 1. The average Bonchev–Trinajstić information content (AvgIpc) is 3.40. The van der Waals surface area contributed by atoms with Gasteiger partial charge in [0.1, 0.15) is 5.56 Å². The van der Waals surface area contributed by atoms with Crippen LogP contribution >= 0.6 is 0 Å². The number of hydrogen-bond acceptors (Lipinski definition) is 6. The van der Waals surface area contributed by atoms with E-state index in [9.17, 15) is 22.0 Å². The molecule has 0 amide bonds. The van der Waals surface area contributed by atoms with Crippen LogP contribution in [-0.2, 0) is 10.9 Å². The van der Waals surface area contributed by atoms with Crippen molar-refractivity contribution in [2.45, 2.75) is 44.8 Å². The van der Waals surface area contributed by atoms with Crippen molar-refractivity contribution < 1.29 is 31.4 Å². The van der Waals surface area contributed by atoms with Gasteiger partial charge >= 0.3 is 6.18 Å². The molecule has 1 N–H and O–H groups in total. The number of alkyl halides is 3. The van der Waals surface area contributed by atoms with E-state index in [-0.39, 0.29) is 24.2 Å². The molecule has 2 saturated heterocycles. The molecule has 202 valence electrons. The molecule has 0 bridgehead atoms. The third-order valence-corrected chi connectivity index (χ3v) is 7.75. The van der Waals surface area contributed by atoms with Crippen molar-refractivity contribution in [3.05, 3.63) is 35.4 Å². The van der Waals surface area contributed by atoms with Gasteiger partial charge in [0.15, 0.2) is 17.4 Å². The number of halogens is 5. The Morgan fingerprint density at radius 3 is 2.41 bits per heavy atom. The molecule has 3 aliphatic rings. The maximum absolute atomic E-state index is 14.6. The van der Waals surface area contributed by atoms with Crippen LogP contribution in [0, 0.1) is 29.4 Å². The van der Waals surface area contributed by atoms with Crippen molar-refractivity contribution in [3.63, 3.8) is 0 Å². The summed E-state index contributed by atoms with van der Waals surface area (Å²) in [5, 5.41) is 10.5. The molecule has 0 radical (unpaired) electrons. The van der Waals surface area contributed by atoms with Crippen LogP contribution in [0.25, 0.3) is 11.3 Å². The van der Waals surface area contributed by atoms with E-state index in [1.807, 2.05) is 0 Å². The van der Waals surface area contributed by atoms with Gasteiger partial charge in [-0.25, -0.2) is 4.39 Å². The van der Waals surface area contributed by atoms with Gasteiger partial charge in [-0.1, -0.05) is 0 Å². The lowest BCUT2D eigenvalue weighted by atomic mass is 10.00. The SMILES string of the molecule is CCOc1ccc(-c2cc(C(F)(F)F)c(NC3C[C@@H]4CN(CC5CCOCC5)C[C@H]4C3)nn2)c(F)c1F. The minimum atomic E-state index is -4.75. The highest BCUT2D eigenvalue weighted by molar-refractivity contribution is 5.64. The molecule has 3 fully saturated rings. The highest BCUT2D eigenvalue weighted by atomic mass is 19.4. The number of fused-ring (bicyclic) bond motifs is 1. The lowest BCUT2D eigenvalue weighted by molar-refractivity contribution is -0.137. The number of ether oxygens (including phenoxy) is 2. The van der Waals surface area contributed by atoms with Gasteiger partial charge < -0.3 is 19.7 Å². The Kier molecular flexibility index (Phi) is 7.53. The molecule has 37 heavy (non-hydrogen) atoms. The van der Waals surface area contributed by atoms with Crippen LogP contribution < -0.4 is 10.1 Å². The molecular weight excluding hydrogens is 495 g/mol. The summed E-state index contributed by atoms with van der Waals surface area (Å²) in [5.74, 6) is -1.79. The van der Waals surface area contributed by atoms with Gasteiger partial charge in [0, 0.05) is 44.5 Å². The lowest BCUT2D eigenvalue weighted by Crippen LogP contribution is -2.32. The number of hydrogen-bond donors (Lipinski definition) is 1. The molecule has 2 aliphatic heterocycles. The molecule has 5 rings (SSSR count). The lowest BCUT2D eigenvalue weighted by Gasteiger charge is -2.28. The van der Waals surface area contributed by atoms with Crippen molar-refractivity contribution in [2.75, 3.05) is 44.8 Å². The molecule has 11 heteroatoms. The van der Waals surface area contributed by atoms with Gasteiger partial charge in [-0.3, -0.25) is 0 Å². The Morgan fingerprint density at radius 1 is 1.05 bits per heavy atom. The van der Waals surface area contributed by atoms with Crippen LogP contribution in [0.3, 0.4) is 0 Å². The minimum absolute atomic E-state index is 0.116. The number of nitrogens with zero attached hydrogens (tertiary/aromatic N) is 3. The average molecular weight is 527 g/mol. The fourth-order valence-electron chi connectivity index (χ4n) is 5.99. The van der Waals surface area contributed by atoms with E-state index in [1.54, 1.807) is 6.92 Å². The van der Waals surface area contributed by atoms with Crippen LogP contribution in [0.4, 0.5) is 27.8 Å². The maximum Gasteiger partial charge on any atom is 0.420 e. The highest BCUT2D eigenvalue weighted by Crippen LogP contribution is 2.42. The molecule has 6 nitrogen and oxygen atoms in total. The first-order chi connectivity index (χ1) is 17.7. The molecule has 1 saturated carbocycles. The van der Waals surface area contributed by atoms with Crippen molar-refractivity contribution in [1.82, 2.24) is 15.1 Å². The van der Waals surface area contributed by atoms with E-state index in [2.05, 4.69) is 20.4 Å². The van der Waals surface area contributed by atoms with E-state index >= 15 is 0 Å². The molecule has 1 aromatic heterocycles. The Labute approximate surface area is 212 Å². The van der Waals surface area contributed by atoms with Gasteiger partial charge in [-0.15, -0.1) is 10.2 Å². The van der Waals surface area contributed by atoms with E-state index in [0.29, 0.717) is 17.8 Å². The summed E-state index contributed by atoms with van der Waals surface area (Å²) in [6.07, 6.45) is -1.07. The summed E-state index contributed by atoms with van der Waals surface area (Å²) < 4.78 is 81.2. The Balaban J connectivity index is 1.28. The predicted molar refractivity (Wildman–Crippen MR) is 127 cm³/mol. The van der Waals surface area contributed by atoms with Gasteiger partial charge in [0.2, 0.25) is 5.82 Å². The fraction of sp³-hybridized carbons (Fsp3) is 0.615. The van der Waals surface area contributed by atoms with Gasteiger partial charge in [0.25, 0.3) is 0 Å². The second-order valence-corrected chi connectivity index (χ2v) is 10.3. The second-order valence-electron chi connectivity index (χ2n) is 10.3. The van der Waals surface area contributed by atoms with Crippen LogP contribution in [0.2, 0.25) is 0 Å². The summed E-state index contributed by atoms with van der Waals surface area (Å²) in [7, 11) is 0. The van der Waals surface area contributed by atoms with Crippen LogP contribution in [0.15, 0.2) is 18.2 Å². The molecule has 2 aromatic rings. The number of likely N-dealkylation sites (tertiary alicyclic amines) is 1. The first kappa shape index (κ1) is 26.1. The van der Waals surface area contributed by atoms with Crippen molar-refractivity contribution in [2.24, 2.45) is 17.8 Å². The smallest absolute Gasteiger partial charge is 0.420 e. The van der Waals surface area contributed by atoms with Gasteiger partial charge in [-0.05, 0) is 68.6 Å². The zero-order valence-electron chi connectivity index (χ0n) is 20.7. The minimum Gasteiger partial charge on any atom is -0.491 e. The van der Waals surface area contributed by atoms with Crippen LogP contribution in [0.1, 0.15) is 38.2 Å². The molecule has 1 aliphatic carbocycles. The Bertz CT molecular complexity index is 1100. The molecular formula is C26H31F5N4O2. The van der Waals surface area contributed by atoms with Crippen molar-refractivity contribution in [3.8, 4) is 17.0 Å². The Morgan fingerprint density at radius 2 is 1.76 bits per heavy atom. The summed E-state index contributed by atoms with van der Waals surface area (Å²) >= 11 is 0. The third-order valence-electron chi connectivity index (χ3n) is 7.75. The van der Waals surface area contributed by atoms with Crippen molar-refractivity contribution >= 4 is 5.82 Å². The molecule has 1 aromatic carbocycles. The first-order valence-electron chi connectivity index (χ1n) is 12.9. The number of rotatable bonds is 7. The summed E-state index contributed by atoms with van der Waals surface area (Å²) in [4.78, 5) is 2.49. The standard InChI is InChI=1S/C26H31F5N4O2/c1-2-37-22-4-3-19(23(27)24(22)28)21-11-20(26(29,30)31)25(34-33-21)32-18-9-16-13-35(14-17(16)10-18)12-15-5-7-36-8-6-15/h3-4,11,15-18H,2,5-10,12-14H2,1H3,(H,32,34)/t16-,17-/m1/s1. The molecule has 2 atom stereocenters. The zero-order valence-corrected chi connectivity index (χ0v) is 20.7. The van der Waals surface area contributed by atoms with Gasteiger partial charge in [0.05, 0.1) is 12.3 Å². The van der Waals surface area contributed by atoms with E-state index < -0.39 is 34.6 Å². The quantitative estimate of drug-likeness (QED) is 0.489. The van der Waals surface area contributed by atoms with E-state index in [1.165, 1.54) is 6.07 Å². The monoisotopic (exact) mass is 526 g/mol. The van der Waals surface area contributed by atoms with E-state index in [4.69, 9.17) is 9.47 Å². The van der Waals surface area contributed by atoms with Crippen LogP contribution in [0.5, 0.6) is 5.75 Å². The predicted octanol–water partition coefficient (Wildman–Crippen LogP) is 5.39. The highest BCUT2D eigenvalue weighted by Gasteiger charge is 2.43.